The molecular weight excluding hydrogens is 178 g/mol. The first kappa shape index (κ1) is 10.4. The molecule has 1 aromatic rings. The smallest absolute Gasteiger partial charge is 0.285 e. The maximum absolute atomic E-state index is 11.4. The van der Waals surface area contributed by atoms with Gasteiger partial charge in [-0.25, -0.2) is 0 Å². The van der Waals surface area contributed by atoms with Crippen LogP contribution in [0.2, 0.25) is 0 Å². The number of hydrogen-bond donors (Lipinski definition) is 1. The molecule has 0 spiro atoms. The van der Waals surface area contributed by atoms with E-state index in [2.05, 4.69) is 0 Å². The first-order chi connectivity index (χ1) is 6.66. The summed E-state index contributed by atoms with van der Waals surface area (Å²) in [7, 11) is 0. The highest BCUT2D eigenvalue weighted by Crippen LogP contribution is 2.19. The minimum absolute atomic E-state index is 0.395. The van der Waals surface area contributed by atoms with Crippen molar-refractivity contribution >= 4 is 11.7 Å². The quantitative estimate of drug-likeness (QED) is 0.728. The van der Waals surface area contributed by atoms with Gasteiger partial charge in [-0.2, -0.15) is 0 Å². The van der Waals surface area contributed by atoms with Crippen LogP contribution < -0.4 is 5.73 Å². The molecule has 0 saturated carbocycles. The van der Waals surface area contributed by atoms with E-state index in [1.54, 1.807) is 0 Å². The number of benzene rings is 1. The Morgan fingerprint density at radius 1 is 1.29 bits per heavy atom. The normalized spacial score (nSPS) is 12.1. The van der Waals surface area contributed by atoms with E-state index in [1.807, 2.05) is 37.3 Å². The van der Waals surface area contributed by atoms with Crippen LogP contribution in [0.5, 0.6) is 0 Å². The fraction of sp³-hybridized carbons (Fsp3) is 0.273. The monoisotopic (exact) mass is 191 g/mol. The van der Waals surface area contributed by atoms with Gasteiger partial charge in [0.25, 0.3) is 5.91 Å². The fourth-order valence-electron chi connectivity index (χ4n) is 1.43. The lowest BCUT2D eigenvalue weighted by molar-refractivity contribution is -0.136. The topological polar surface area (TPSA) is 60.2 Å². The molecule has 0 aliphatic rings. The predicted molar refractivity (Wildman–Crippen MR) is 53.7 cm³/mol. The number of Topliss-reactive ketones (excluding diaryl/α,β-unsaturated/α-hetero) is 1. The summed E-state index contributed by atoms with van der Waals surface area (Å²) in [4.78, 5) is 22.1. The number of amides is 1. The van der Waals surface area contributed by atoms with Crippen molar-refractivity contribution in [3.05, 3.63) is 35.9 Å². The van der Waals surface area contributed by atoms with E-state index in [1.165, 1.54) is 0 Å². The maximum Gasteiger partial charge on any atom is 0.285 e. The summed E-state index contributed by atoms with van der Waals surface area (Å²) in [6.07, 6.45) is 0.589. The van der Waals surface area contributed by atoms with Crippen LogP contribution in [0, 0.1) is 0 Å². The summed E-state index contributed by atoms with van der Waals surface area (Å²) in [6, 6.07) is 9.20. The summed E-state index contributed by atoms with van der Waals surface area (Å²) in [5.41, 5.74) is 5.81. The van der Waals surface area contributed by atoms with Gasteiger partial charge in [0.2, 0.25) is 5.78 Å². The van der Waals surface area contributed by atoms with Crippen LogP contribution >= 0.6 is 0 Å². The van der Waals surface area contributed by atoms with Gasteiger partial charge < -0.3 is 5.73 Å². The molecule has 1 atom stereocenters. The van der Waals surface area contributed by atoms with Crippen LogP contribution in [0.4, 0.5) is 0 Å². The Morgan fingerprint density at radius 3 is 2.29 bits per heavy atom. The molecule has 1 rings (SSSR count). The molecule has 0 fully saturated rings. The van der Waals surface area contributed by atoms with Gasteiger partial charge in [0, 0.05) is 0 Å². The van der Waals surface area contributed by atoms with Crippen LogP contribution in [0.25, 0.3) is 0 Å². The number of ketones is 1. The summed E-state index contributed by atoms with van der Waals surface area (Å²) in [5, 5.41) is 0. The Hall–Kier alpha value is -1.64. The predicted octanol–water partition coefficient (Wildman–Crippen LogP) is 1.23. The van der Waals surface area contributed by atoms with Crippen molar-refractivity contribution in [3.63, 3.8) is 0 Å². The van der Waals surface area contributed by atoms with Crippen LogP contribution in [-0.4, -0.2) is 11.7 Å². The summed E-state index contributed by atoms with van der Waals surface area (Å²) >= 11 is 0. The van der Waals surface area contributed by atoms with E-state index in [-0.39, 0.29) is 0 Å². The summed E-state index contributed by atoms with van der Waals surface area (Å²) in [5.74, 6) is -1.77. The van der Waals surface area contributed by atoms with Crippen molar-refractivity contribution < 1.29 is 9.59 Å². The molecule has 0 aromatic heterocycles. The second-order valence-corrected chi connectivity index (χ2v) is 3.10. The van der Waals surface area contributed by atoms with Gasteiger partial charge in [0.15, 0.2) is 0 Å². The zero-order chi connectivity index (χ0) is 10.6. The van der Waals surface area contributed by atoms with E-state index in [0.717, 1.165) is 5.56 Å². The number of rotatable bonds is 4. The minimum Gasteiger partial charge on any atom is -0.363 e. The second-order valence-electron chi connectivity index (χ2n) is 3.10. The first-order valence-electron chi connectivity index (χ1n) is 4.55. The molecule has 1 unspecified atom stereocenters. The van der Waals surface area contributed by atoms with Gasteiger partial charge in [0.1, 0.15) is 0 Å². The highest BCUT2D eigenvalue weighted by molar-refractivity contribution is 6.37. The average molecular weight is 191 g/mol. The van der Waals surface area contributed by atoms with E-state index in [0.29, 0.717) is 6.42 Å². The lowest BCUT2D eigenvalue weighted by atomic mass is 9.92. The third kappa shape index (κ3) is 2.19. The van der Waals surface area contributed by atoms with Gasteiger partial charge in [-0.3, -0.25) is 9.59 Å². The van der Waals surface area contributed by atoms with Gasteiger partial charge >= 0.3 is 0 Å². The molecule has 2 N–H and O–H groups in total. The van der Waals surface area contributed by atoms with Crippen molar-refractivity contribution in [1.82, 2.24) is 0 Å². The molecule has 1 aromatic carbocycles. The highest BCUT2D eigenvalue weighted by atomic mass is 16.2. The molecule has 0 heterocycles. The maximum atomic E-state index is 11.4. The Morgan fingerprint density at radius 2 is 1.86 bits per heavy atom. The average Bonchev–Trinajstić information content (AvgIpc) is 2.20. The standard InChI is InChI=1S/C11H13NO2/c1-2-9(10(13)11(12)14)8-6-4-3-5-7-8/h3-7,9H,2H2,1H3,(H2,12,14). The molecular formula is C11H13NO2. The molecule has 0 radical (unpaired) electrons. The minimum atomic E-state index is -0.860. The summed E-state index contributed by atoms with van der Waals surface area (Å²) < 4.78 is 0. The van der Waals surface area contributed by atoms with Crippen molar-refractivity contribution in [3.8, 4) is 0 Å². The highest BCUT2D eigenvalue weighted by Gasteiger charge is 2.22. The van der Waals surface area contributed by atoms with E-state index in [4.69, 9.17) is 5.73 Å². The molecule has 0 saturated heterocycles. The zero-order valence-corrected chi connectivity index (χ0v) is 8.07. The van der Waals surface area contributed by atoms with Crippen molar-refractivity contribution in [2.45, 2.75) is 19.3 Å². The lowest BCUT2D eigenvalue weighted by Crippen LogP contribution is -2.28. The van der Waals surface area contributed by atoms with Gasteiger partial charge in [0.05, 0.1) is 5.92 Å². The lowest BCUT2D eigenvalue weighted by Gasteiger charge is -2.11. The third-order valence-electron chi connectivity index (χ3n) is 2.17. The Bertz CT molecular complexity index is 332. The number of nitrogens with two attached hydrogens (primary N) is 1. The van der Waals surface area contributed by atoms with Crippen LogP contribution in [-0.2, 0) is 9.59 Å². The molecule has 14 heavy (non-hydrogen) atoms. The van der Waals surface area contributed by atoms with Crippen molar-refractivity contribution in [2.75, 3.05) is 0 Å². The SMILES string of the molecule is CCC(C(=O)C(N)=O)c1ccccc1. The molecule has 74 valence electrons. The fourth-order valence-corrected chi connectivity index (χ4v) is 1.43. The zero-order valence-electron chi connectivity index (χ0n) is 8.07. The number of hydrogen-bond acceptors (Lipinski definition) is 2. The third-order valence-corrected chi connectivity index (χ3v) is 2.17. The van der Waals surface area contributed by atoms with Crippen LogP contribution in [0.1, 0.15) is 24.8 Å². The molecule has 0 aliphatic carbocycles. The second kappa shape index (κ2) is 4.56. The number of carbonyl (C=O) groups is 2. The molecule has 3 nitrogen and oxygen atoms in total. The largest absolute Gasteiger partial charge is 0.363 e. The Kier molecular flexibility index (Phi) is 3.40. The van der Waals surface area contributed by atoms with Gasteiger partial charge in [-0.05, 0) is 12.0 Å². The summed E-state index contributed by atoms with van der Waals surface area (Å²) in [6.45, 7) is 1.86. The van der Waals surface area contributed by atoms with Gasteiger partial charge in [-0.15, -0.1) is 0 Å². The molecule has 1 amide bonds. The van der Waals surface area contributed by atoms with Crippen molar-refractivity contribution in [2.24, 2.45) is 5.73 Å². The van der Waals surface area contributed by atoms with Gasteiger partial charge in [-0.1, -0.05) is 37.3 Å². The number of primary amides is 1. The van der Waals surface area contributed by atoms with Crippen LogP contribution in [0.15, 0.2) is 30.3 Å². The van der Waals surface area contributed by atoms with Crippen molar-refractivity contribution in [1.29, 1.82) is 0 Å². The Balaban J connectivity index is 2.93. The molecule has 3 heteroatoms. The Labute approximate surface area is 82.9 Å². The first-order valence-corrected chi connectivity index (χ1v) is 4.55. The van der Waals surface area contributed by atoms with E-state index < -0.39 is 17.6 Å². The van der Waals surface area contributed by atoms with E-state index >= 15 is 0 Å². The molecule has 0 bridgehead atoms. The number of carbonyl (C=O) groups excluding carboxylic acids is 2. The molecule has 0 aliphatic heterocycles. The van der Waals surface area contributed by atoms with Crippen LogP contribution in [0.3, 0.4) is 0 Å². The van der Waals surface area contributed by atoms with E-state index in [9.17, 15) is 9.59 Å².